The van der Waals surface area contributed by atoms with E-state index >= 15 is 0 Å². The van der Waals surface area contributed by atoms with Crippen LogP contribution in [0.25, 0.3) is 95.3 Å². The molecule has 0 aliphatic carbocycles. The van der Waals surface area contributed by atoms with Crippen molar-refractivity contribution in [3.05, 3.63) is 177 Å². The molecule has 18 heterocycles. The predicted molar refractivity (Wildman–Crippen MR) is 556 cm³/mol. The van der Waals surface area contributed by atoms with Crippen LogP contribution in [0.4, 0.5) is 34.9 Å². The Morgan fingerprint density at radius 1 is 0.326 bits per heavy atom. The fraction of sp³-hybridized carbons (Fsp3) is 0.529. The highest BCUT2D eigenvalue weighted by Gasteiger charge is 2.41. The largest absolute Gasteiger partial charge is 0.354 e. The average molecular weight is 2030 g/mol. The fourth-order valence-electron chi connectivity index (χ4n) is 13.6. The van der Waals surface area contributed by atoms with Gasteiger partial charge in [-0.3, -0.25) is 28.8 Å². The maximum atomic E-state index is 13.1. The minimum Gasteiger partial charge on any atom is -0.354 e. The van der Waals surface area contributed by atoms with Crippen LogP contribution in [-0.2, 0) is 28.8 Å². The Labute approximate surface area is 942 Å². The maximum absolute atomic E-state index is 13.1. The van der Waals surface area contributed by atoms with Crippen LogP contribution in [0, 0.1) is 116 Å². The highest BCUT2D eigenvalue weighted by molar-refractivity contribution is 5.94. The van der Waals surface area contributed by atoms with Crippen molar-refractivity contribution in [1.82, 2.24) is 119 Å². The lowest BCUT2D eigenvalue weighted by molar-refractivity contribution is -0.131. The van der Waals surface area contributed by atoms with Gasteiger partial charge in [-0.2, -0.15) is 0 Å². The van der Waals surface area contributed by atoms with Gasteiger partial charge in [0.1, 0.15) is 123 Å². The smallest absolute Gasteiger partial charge is 0.302 e. The van der Waals surface area contributed by atoms with E-state index in [0.29, 0.717) is 31.8 Å². The number of H-pyrrole nitrogens is 6. The van der Waals surface area contributed by atoms with Gasteiger partial charge in [0, 0.05) is 208 Å². The highest BCUT2D eigenvalue weighted by Crippen LogP contribution is 2.38. The molecule has 0 unspecified atom stereocenters. The summed E-state index contributed by atoms with van der Waals surface area (Å²) in [6, 6.07) is -19.0. The molecular weight excluding hydrogens is 1830 g/mol. The molecule has 144 heavy (non-hydrogen) atoms. The molecule has 42 nitrogen and oxygen atoms in total. The first-order chi connectivity index (χ1) is 97.1. The van der Waals surface area contributed by atoms with E-state index < -0.39 is 327 Å². The first-order valence-corrected chi connectivity index (χ1v) is 41.3. The summed E-state index contributed by atoms with van der Waals surface area (Å²) in [7, 11) is 5.12. The van der Waals surface area contributed by atoms with Crippen molar-refractivity contribution >= 4 is 137 Å². The number of aromatic nitrogens is 18. The third-order valence-corrected chi connectivity index (χ3v) is 20.2. The van der Waals surface area contributed by atoms with Crippen LogP contribution >= 0.6 is 0 Å². The summed E-state index contributed by atoms with van der Waals surface area (Å²) in [5.74, 6) is -31.6. The number of carbonyl (C=O) groups is 6. The molecule has 0 spiro atoms. The van der Waals surface area contributed by atoms with Gasteiger partial charge >= 0.3 is 35.4 Å². The van der Waals surface area contributed by atoms with Crippen LogP contribution < -0.4 is 29.4 Å². The molecule has 12 aromatic heterocycles. The summed E-state index contributed by atoms with van der Waals surface area (Å²) >= 11 is 0. The number of anilines is 6. The number of likely N-dealkylation sites (tertiary alicyclic amines) is 6. The summed E-state index contributed by atoms with van der Waals surface area (Å²) in [5, 5.41) is -0.328. The van der Waals surface area contributed by atoms with Gasteiger partial charge in [-0.15, -0.1) is 0 Å². The Hall–Kier alpha value is -15.7. The van der Waals surface area contributed by atoms with E-state index in [0.717, 1.165) is 102 Å². The van der Waals surface area contributed by atoms with Crippen molar-refractivity contribution in [3.63, 3.8) is 0 Å². The lowest BCUT2D eigenvalue weighted by Crippen LogP contribution is -2.53. The van der Waals surface area contributed by atoms with E-state index in [1.807, 2.05) is 0 Å². The minimum absolute atomic E-state index is 0.00855. The summed E-state index contributed by atoms with van der Waals surface area (Å²) < 4.78 is 607. The molecule has 6 saturated heterocycles. The molecule has 12 atom stereocenters. The van der Waals surface area contributed by atoms with Crippen LogP contribution in [0.1, 0.15) is 214 Å². The number of aryl methyl sites for hydroxylation is 6. The molecule has 756 valence electrons. The maximum Gasteiger partial charge on any atom is 0.302 e. The third kappa shape index (κ3) is 24.5. The van der Waals surface area contributed by atoms with Crippen molar-refractivity contribution in [3.8, 4) is 0 Å². The van der Waals surface area contributed by atoms with Crippen molar-refractivity contribution in [1.29, 1.82) is 0 Å². The molecule has 0 aromatic carbocycles. The Balaban J connectivity index is 0.000000207. The number of hydrogen-bond donors (Lipinski definition) is 6. The Morgan fingerprint density at radius 3 is 0.861 bits per heavy atom. The van der Waals surface area contributed by atoms with Crippen molar-refractivity contribution in [2.24, 2.45) is 35.4 Å². The molecule has 18 rings (SSSR count). The molecule has 6 aliphatic rings. The van der Waals surface area contributed by atoms with Gasteiger partial charge in [0.2, 0.25) is 0 Å². The zero-order valence-corrected chi connectivity index (χ0v) is 77.7. The summed E-state index contributed by atoms with van der Waals surface area (Å²) in [5.41, 5.74) is 2.36. The van der Waals surface area contributed by atoms with E-state index in [2.05, 4.69) is 119 Å². The zero-order valence-electron chi connectivity index (χ0n) is 151. The number of likely N-dealkylation sites (N-methyl/N-ethyl adjacent to an activating group) is 6. The van der Waals surface area contributed by atoms with Crippen molar-refractivity contribution in [2.75, 3.05) is 189 Å². The standard InChI is InChI=1S/6C17H22N6O/c6*1-11-5-6-23(15(24)8-18-3)9-14(11)22(4)17-13-7-12(2)21-16(13)19-10-20-17/h6*7,10-11,14H,5-6,8-9H2,1-2,4H3,(H,19,20,21)/t6*11-,14+/m111111/s1/i1D3,5D2,6D2,7D,8D2,9D2,11D,14D;5D2,6D2,7D,8D2,9D2,11D,14D;1D3,5D2,6D2,7D,8D2,9D2,14D;1D3,5D2,6D2,7D,8D2,9D2,11D;5D2,6D2,7D,8D2,9D2,14D;4D3,5D2,6D2,7D,8D2,9D2. The molecule has 6 amide bonds. The molecule has 6 N–H and O–H groups in total. The van der Waals surface area contributed by atoms with E-state index in [4.69, 9.17) is 135 Å². The molecule has 12 aromatic rings. The number of nitrogens with zero attached hydrogens (tertiary/aromatic N) is 30. The Kier molecular flexibility index (Phi) is 15.1. The van der Waals surface area contributed by atoms with Crippen LogP contribution in [0.3, 0.4) is 0 Å². The summed E-state index contributed by atoms with van der Waals surface area (Å²) in [6.07, 6.45) is -15.4. The number of aromatic amines is 6. The second-order valence-electron chi connectivity index (χ2n) is 30.0. The zero-order chi connectivity index (χ0) is 168. The second kappa shape index (κ2) is 47.7. The van der Waals surface area contributed by atoms with Gasteiger partial charge in [-0.25, -0.2) is 99.2 Å². The molecule has 6 fully saturated rings. The van der Waals surface area contributed by atoms with Gasteiger partial charge in [0.25, 0.3) is 39.0 Å². The topological polar surface area (TPSA) is 417 Å². The number of carbonyl (C=O) groups excluding carboxylic acids is 6. The molecule has 0 radical (unpaired) electrons. The number of fused-ring (bicyclic) bond motifs is 6. The van der Waals surface area contributed by atoms with Gasteiger partial charge < -0.3 is 118 Å². The molecule has 0 saturated carbocycles. The van der Waals surface area contributed by atoms with Gasteiger partial charge in [0.15, 0.2) is 0 Å². The minimum atomic E-state index is -4.09. The molecule has 42 heteroatoms. The highest BCUT2D eigenvalue weighted by atomic mass is 16.2. The van der Waals surface area contributed by atoms with Crippen LogP contribution in [-0.4, -0.2) is 350 Å². The quantitative estimate of drug-likeness (QED) is 0.0435. The van der Waals surface area contributed by atoms with Crippen LogP contribution in [0.15, 0.2) is 74.2 Å². The Morgan fingerprint density at radius 2 is 0.562 bits per heavy atom. The number of nitrogens with one attached hydrogen (secondary N) is 6. The van der Waals surface area contributed by atoms with E-state index in [1.54, 1.807) is 13.8 Å². The van der Waals surface area contributed by atoms with E-state index in [1.165, 1.54) is 34.7 Å². The van der Waals surface area contributed by atoms with Crippen molar-refractivity contribution < 1.29 is 129 Å². The lowest BCUT2D eigenvalue weighted by atomic mass is 9.92. The number of amides is 6. The number of hydrogen-bond acceptors (Lipinski definition) is 24. The monoisotopic (exact) mass is 2030 g/mol. The molecule has 6 aliphatic heterocycles. The van der Waals surface area contributed by atoms with Gasteiger partial charge in [0.05, 0.1) is 98.6 Å². The lowest BCUT2D eigenvalue weighted by Gasteiger charge is -2.41. The Bertz CT molecular complexity index is 10700. The summed E-state index contributed by atoms with van der Waals surface area (Å²) in [4.78, 5) is 158. The van der Waals surface area contributed by atoms with Crippen LogP contribution in [0.5, 0.6) is 0 Å². The fourth-order valence-corrected chi connectivity index (χ4v) is 13.6. The normalized spacial score (nSPS) is 39.1. The van der Waals surface area contributed by atoms with E-state index in [9.17, 15) is 32.9 Å². The van der Waals surface area contributed by atoms with E-state index in [-0.39, 0.29) is 147 Å². The SMILES string of the molecule is [2H]c1c(C)[nH]c2ncnc(N(C)[C@@]3([2H])C([2H])([2H])N(C(=O)C([2H])([2H])[N+]#[C-])C([2H])([2H])C([2H])([2H])[C@@]3([2H])C([2H])([2H])[2H])c12.[2H]c1c(C)[nH]c2ncnc(N(C)[C@@]3([2H])C([2H])([2H])N(C(=O)C([2H])([2H])[N+]#[C-])C([2H])([2H])C([2H])([2H])[C@@]3([2H])C)c12.[2H]c1c(C)[nH]c2ncnc(N(C)[C@H]3C([2H])([2H])N(C(=O)C([2H])([2H])[N+]#[C-])C([2H])([2H])C([2H])([2H])[C@@]3([2H])C([2H])([2H])[2H])c12.[2H]c1c(C)[nH]c2ncnc(N(C)[C@]3([2H])[C@H](C([2H])([2H])[2H])C([2H])([2H])C([2H])([2H])N(C(=O)C([2H])([2H])[N+]#[C-])C3([2H])[2H])c12.[2H]c1c(C)[nH]c2ncnc(N(C)[C@]3([2H])[C@H](C)C([2H])([2H])C([2H])([2H])N(C(=O)C([2H])([2H])[N+]#[C-])C3([2H])[2H])c12.[2H]c1c(C)[nH]c2ncnc(N([C@@H]3[C@H](C)C([2H])([2H])C([2H])([2H])N(C(=O)C([2H])([2H])[N+]#[C-])C3([2H])[2H])C([2H])([2H])[2H])c12. The third-order valence-electron chi connectivity index (χ3n) is 20.2. The first-order valence-electron chi connectivity index (χ1n) is 77.8. The summed E-state index contributed by atoms with van der Waals surface area (Å²) in [6.45, 7) is -25.9. The molecular formula is C102H132N36O6. The number of piperidine rings is 6. The first kappa shape index (κ1) is 45.7. The number of rotatable bonds is 18. The van der Waals surface area contributed by atoms with Gasteiger partial charge in [-0.1, -0.05) is 41.3 Å². The predicted octanol–water partition coefficient (Wildman–Crippen LogP) is 11.2. The average Bonchev–Trinajstić information content (AvgIpc) is 1.34. The van der Waals surface area contributed by atoms with Gasteiger partial charge in [-0.05, 0) is 151 Å². The molecule has 0 bridgehead atoms. The van der Waals surface area contributed by atoms with Crippen molar-refractivity contribution in [2.45, 2.75) is 157 Å². The van der Waals surface area contributed by atoms with Crippen LogP contribution in [0.2, 0.25) is 0 Å². The second-order valence-corrected chi connectivity index (χ2v) is 30.0.